The van der Waals surface area contributed by atoms with Crippen molar-refractivity contribution in [2.75, 3.05) is 80.5 Å². The third-order valence-electron chi connectivity index (χ3n) is 18.7. The maximum Gasteiger partial charge on any atom is 1.00 e. The molecule has 0 amide bonds. The fraction of sp³-hybridized carbons (Fsp3) is 0.889. The normalized spacial score (nSPS) is 39.1. The first-order chi connectivity index (χ1) is 53.1. The van der Waals surface area contributed by atoms with Crippen molar-refractivity contribution in [1.29, 1.82) is 0 Å². The van der Waals surface area contributed by atoms with Gasteiger partial charge in [-0.15, -0.1) is 0 Å². The molecule has 0 saturated carbocycles. The Morgan fingerprint density at radius 3 is 0.378 bits per heavy atom. The van der Waals surface area contributed by atoms with Gasteiger partial charge in [-0.05, 0) is 85.2 Å². The van der Waals surface area contributed by atoms with Crippen LogP contribution in [0.3, 0.4) is 0 Å². The molecule has 0 aromatic rings. The van der Waals surface area contributed by atoms with Gasteiger partial charge < -0.3 is 207 Å². The molecule has 42 nitrogen and oxygen atoms in total. The van der Waals surface area contributed by atoms with Gasteiger partial charge in [0.15, 0.2) is 44.0 Å². The number of aliphatic carboxylic acids is 7. The van der Waals surface area contributed by atoms with E-state index in [9.17, 15) is 141 Å². The zero-order chi connectivity index (χ0) is 81.9. The number of carboxylic acids is 7. The van der Waals surface area contributed by atoms with Gasteiger partial charge in [-0.25, -0.2) is 0 Å². The smallest absolute Gasteiger partial charge is 0.550 e. The minimum Gasteiger partial charge on any atom is -0.550 e. The number of rotatable bonds is 35. The summed E-state index contributed by atoms with van der Waals surface area (Å²) in [4.78, 5) is 81.1. The topological polar surface area (TPSA) is 693 Å². The van der Waals surface area contributed by atoms with Crippen molar-refractivity contribution in [2.24, 2.45) is 0 Å². The van der Waals surface area contributed by atoms with Gasteiger partial charge in [0, 0.05) is 82.1 Å². The van der Waals surface area contributed by atoms with Gasteiger partial charge in [-0.3, -0.25) is 0 Å². The average Bonchev–Trinajstić information content (AvgIpc) is 0.814. The number of ether oxygens (including phenoxy) is 14. The molecule has 0 unspecified atom stereocenters. The van der Waals surface area contributed by atoms with E-state index in [1.54, 1.807) is 0 Å². The minimum absolute atomic E-state index is 0. The quantitative estimate of drug-likeness (QED) is 0.0207. The summed E-state index contributed by atoms with van der Waals surface area (Å²) in [6.07, 6.45) is -75.5. The number of hydrogen-bond donors (Lipinski definition) is 14. The molecule has 21 aliphatic rings. The molecule has 21 saturated heterocycles. The van der Waals surface area contributed by atoms with Crippen LogP contribution >= 0.6 is 82.3 Å². The van der Waals surface area contributed by atoms with Crippen LogP contribution in [0.2, 0.25) is 0 Å². The maximum atomic E-state index is 12.1. The standard InChI is InChI=1S/C63H98O42S7.7Na/c64-29(65)1-8-106-15-22-50-36(78)43(85)57(92-22)100-51-23(16-107-9-2-30(66)67)94-59(45(87)38(51)80)102-53-25(18-109-11-4-32(70)71)96-61(47(89)40(53)82)104-55-27(20-111-13-6-34(74)75)98-63(49(91)42(55)84)105-56-28(21-112-14-7-35(76)77)97-62(48(90)41(56)83)103-54-26(19-110-12-5-33(72)73)95-60(46(88)39(54)81)101-52-24(17-108-10-3-31(68)69)93-58(99-50)44(86)37(52)79;;;;;;;/h22-28,36-63,78-91H,1-21H2,(H,64,65)(H,66,67)(H,68,69)(H,70,71)(H,72,73)(H,74,75)(H,76,77);;;;;;;/q;7*+1/p-7/t22-,23-,24-,25-,26+,27+,28+,36+,37+,38-,39-,40-,41-,42-,43+,44-,45-,46-,47-,48-,49-,50-,51-,52-,53-,54-,55-,56-,57-,58-,59-,60-,61-,62-,63-;;;;;;;/m0......./s1. The first kappa shape index (κ1) is 122. The molecule has 14 N–H and O–H groups in total. The first-order valence-corrected chi connectivity index (χ1v) is 43.4. The molecule has 21 aliphatic heterocycles. The molecule has 56 heteroatoms. The van der Waals surface area contributed by atoms with E-state index in [0.717, 1.165) is 82.3 Å². The predicted octanol–water partition coefficient (Wildman–Crippen LogP) is -37.0. The van der Waals surface area contributed by atoms with Crippen LogP contribution in [0.25, 0.3) is 0 Å². The Labute approximate surface area is 866 Å². The first-order valence-electron chi connectivity index (χ1n) is 35.3. The summed E-state index contributed by atoms with van der Waals surface area (Å²) < 4.78 is 86.8. The minimum atomic E-state index is -2.31. The maximum absolute atomic E-state index is 12.1. The van der Waals surface area contributed by atoms with Crippen LogP contribution in [0.5, 0.6) is 0 Å². The Bertz CT molecular complexity index is 2480. The monoisotopic (exact) mass is 1900 g/mol. The van der Waals surface area contributed by atoms with Crippen molar-refractivity contribution in [3.63, 3.8) is 0 Å². The van der Waals surface area contributed by atoms with Gasteiger partial charge in [0.1, 0.15) is 128 Å². The largest absolute Gasteiger partial charge is 1.00 e. The fourth-order valence-electron chi connectivity index (χ4n) is 12.8. The zero-order valence-corrected chi connectivity index (χ0v) is 85.8. The number of carbonyl (C=O) groups is 7. The Balaban J connectivity index is 0.0000101. The SMILES string of the molecule is O=C([O-])CCSC[C@@H]1O[C@H]2O[C@@H]3[C@H](O)[C@@H](O)[C@H](O[C@@H]4[C@@H](O)[C@H](O)[C@H](O[C@@H]5[C@@H](O)[C@H](O)[C@H](O[C@@H]6[C@@H](O)[C@H](O)[C@H](O[C@@H]7[C@@H](O)[C@H](O)[C@H](O[C@@H]8[C@@H](O)[C@H](O)[C@H](O[C@@H]1[C@H](O)[C@@H]2O)O[C@@H]8CSCCC(=O)[O-])O[C@@H]7CSCCC(=O)[O-])O[C@@H]6CSCCC(=O)[O-])O[C@H]5CSCCC(=O)[O-])O[C@H]4CSCCC(=O)[O-])O[C@H]3CSCCC(=O)[O-].[Na+].[Na+].[Na+].[Na+].[Na+].[Na+].[Na+]. The fourth-order valence-corrected chi connectivity index (χ4v) is 19.7. The molecule has 119 heavy (non-hydrogen) atoms. The Hall–Kier alpha value is 4.62. The molecule has 0 aromatic heterocycles. The van der Waals surface area contributed by atoms with E-state index in [1.807, 2.05) is 0 Å². The van der Waals surface area contributed by atoms with Gasteiger partial charge >= 0.3 is 207 Å². The average molecular weight is 1910 g/mol. The molecule has 14 bridgehead atoms. The van der Waals surface area contributed by atoms with E-state index >= 15 is 0 Å². The van der Waals surface area contributed by atoms with Crippen molar-refractivity contribution in [3.05, 3.63) is 0 Å². The molecule has 21 heterocycles. The van der Waals surface area contributed by atoms with E-state index in [4.69, 9.17) is 66.3 Å². The molecule has 21 rings (SSSR count). The van der Waals surface area contributed by atoms with E-state index in [-0.39, 0.29) is 247 Å². The van der Waals surface area contributed by atoms with Crippen molar-refractivity contribution in [3.8, 4) is 0 Å². The van der Waals surface area contributed by atoms with Gasteiger partial charge in [0.05, 0.1) is 42.7 Å². The molecule has 644 valence electrons. The van der Waals surface area contributed by atoms with Crippen LogP contribution in [0.15, 0.2) is 0 Å². The summed E-state index contributed by atoms with van der Waals surface area (Å²) in [5.41, 5.74) is 0. The van der Waals surface area contributed by atoms with Gasteiger partial charge in [0.25, 0.3) is 0 Å². The van der Waals surface area contributed by atoms with Gasteiger partial charge in [-0.1, -0.05) is 0 Å². The summed E-state index contributed by atoms with van der Waals surface area (Å²) in [5.74, 6) is -14.7. The molecule has 35 atom stereocenters. The molecule has 21 fully saturated rings. The summed E-state index contributed by atoms with van der Waals surface area (Å²) >= 11 is 5.93. The second kappa shape index (κ2) is 60.9. The summed E-state index contributed by atoms with van der Waals surface area (Å²) in [6, 6.07) is 0. The zero-order valence-electron chi connectivity index (χ0n) is 66.1. The molecular formula is C63H91Na7O42S7. The van der Waals surface area contributed by atoms with Crippen molar-refractivity contribution >= 4 is 124 Å². The van der Waals surface area contributed by atoms with Crippen LogP contribution in [0, 0.1) is 0 Å². The molecule has 0 aliphatic carbocycles. The van der Waals surface area contributed by atoms with Gasteiger partial charge in [0.2, 0.25) is 0 Å². The van der Waals surface area contributed by atoms with Crippen LogP contribution < -0.4 is 243 Å². The molecule has 0 aromatic carbocycles. The van der Waals surface area contributed by atoms with E-state index in [1.165, 1.54) is 0 Å². The number of carbonyl (C=O) groups excluding carboxylic acids is 7. The van der Waals surface area contributed by atoms with E-state index in [0.29, 0.717) is 0 Å². The second-order valence-electron chi connectivity index (χ2n) is 26.8. The Morgan fingerprint density at radius 1 is 0.185 bits per heavy atom. The third-order valence-corrected chi connectivity index (χ3v) is 26.1. The van der Waals surface area contributed by atoms with Crippen molar-refractivity contribution in [2.45, 2.75) is 260 Å². The summed E-state index contributed by atoms with van der Waals surface area (Å²) in [7, 11) is 0. The van der Waals surface area contributed by atoms with Crippen molar-refractivity contribution < 1.29 is 414 Å². The number of thioether (sulfide) groups is 7. The Kier molecular flexibility index (Phi) is 62.2. The van der Waals surface area contributed by atoms with E-state index in [2.05, 4.69) is 0 Å². The second-order valence-corrected chi connectivity index (χ2v) is 34.8. The molecule has 0 radical (unpaired) electrons. The molecular weight excluding hydrogens is 1810 g/mol. The van der Waals surface area contributed by atoms with Gasteiger partial charge in [-0.2, -0.15) is 82.3 Å². The number of aliphatic hydroxyl groups is 14. The number of carboxylic acid groups (broad SMARTS) is 7. The van der Waals surface area contributed by atoms with Crippen molar-refractivity contribution in [1.82, 2.24) is 0 Å². The van der Waals surface area contributed by atoms with Crippen LogP contribution in [0.1, 0.15) is 44.9 Å². The Morgan fingerprint density at radius 2 is 0.286 bits per heavy atom. The number of aliphatic hydroxyl groups excluding tert-OH is 14. The molecule has 0 spiro atoms. The summed E-state index contributed by atoms with van der Waals surface area (Å²) in [6.45, 7) is 0. The van der Waals surface area contributed by atoms with Crippen LogP contribution in [-0.2, 0) is 99.9 Å². The summed E-state index contributed by atoms with van der Waals surface area (Å²) in [5, 5.41) is 250. The van der Waals surface area contributed by atoms with Crippen LogP contribution in [-0.4, -0.2) is 409 Å². The van der Waals surface area contributed by atoms with Crippen LogP contribution in [0.4, 0.5) is 0 Å². The number of hydrogen-bond acceptors (Lipinski definition) is 49. The predicted molar refractivity (Wildman–Crippen MR) is 367 cm³/mol. The third kappa shape index (κ3) is 36.3. The van der Waals surface area contributed by atoms with E-state index < -0.39 is 342 Å².